The zero-order valence-electron chi connectivity index (χ0n) is 19.6. The zero-order valence-corrected chi connectivity index (χ0v) is 19.6. The topological polar surface area (TPSA) is 67.2 Å². The summed E-state index contributed by atoms with van der Waals surface area (Å²) in [6, 6.07) is 13.6. The molecular weight excluding hydrogens is 431 g/mol. The van der Waals surface area contributed by atoms with Gasteiger partial charge in [0.25, 0.3) is 11.8 Å². The minimum absolute atomic E-state index is 0.0728. The Labute approximate surface area is 198 Å². The number of hydrogen-bond acceptors (Lipinski definition) is 3. The summed E-state index contributed by atoms with van der Waals surface area (Å²) in [7, 11) is 0. The van der Waals surface area contributed by atoms with Gasteiger partial charge in [-0.1, -0.05) is 38.1 Å². The van der Waals surface area contributed by atoms with Crippen LogP contribution < -0.4 is 5.32 Å². The number of piperidine rings is 1. The first-order valence-electron chi connectivity index (χ1n) is 12.0. The van der Waals surface area contributed by atoms with Crippen LogP contribution in [0, 0.1) is 17.7 Å². The van der Waals surface area contributed by atoms with Crippen molar-refractivity contribution in [3.8, 4) is 5.69 Å². The van der Waals surface area contributed by atoms with Crippen molar-refractivity contribution in [2.75, 3.05) is 18.4 Å². The minimum Gasteiger partial charge on any atom is -0.338 e. The van der Waals surface area contributed by atoms with E-state index in [1.165, 1.54) is 6.07 Å². The Morgan fingerprint density at radius 2 is 1.71 bits per heavy atom. The van der Waals surface area contributed by atoms with E-state index in [0.29, 0.717) is 47.6 Å². The number of fused-ring (bicyclic) bond motifs is 1. The molecule has 5 rings (SSSR count). The highest BCUT2D eigenvalue weighted by molar-refractivity contribution is 6.09. The molecule has 1 aliphatic carbocycles. The maximum absolute atomic E-state index is 14.5. The molecule has 3 aromatic rings. The molecule has 2 aliphatic rings. The van der Waals surface area contributed by atoms with Crippen molar-refractivity contribution in [2.45, 2.75) is 39.5 Å². The summed E-state index contributed by atoms with van der Waals surface area (Å²) in [4.78, 5) is 28.6. The number of benzene rings is 2. The molecule has 2 heterocycles. The van der Waals surface area contributed by atoms with E-state index in [2.05, 4.69) is 24.3 Å². The number of para-hydroxylation sites is 2. The third kappa shape index (κ3) is 4.11. The number of likely N-dealkylation sites (tertiary alicyclic amines) is 1. The summed E-state index contributed by atoms with van der Waals surface area (Å²) in [5, 5.41) is 7.43. The van der Waals surface area contributed by atoms with Gasteiger partial charge in [-0.15, -0.1) is 0 Å². The predicted octanol–water partition coefficient (Wildman–Crippen LogP) is 4.87. The molecule has 0 bridgehead atoms. The Kier molecular flexibility index (Phi) is 5.94. The number of nitrogens with zero attached hydrogens (tertiary/aromatic N) is 3. The number of amides is 2. The van der Waals surface area contributed by atoms with Crippen molar-refractivity contribution in [3.05, 3.63) is 76.9 Å². The van der Waals surface area contributed by atoms with Crippen LogP contribution >= 0.6 is 0 Å². The molecule has 2 atom stereocenters. The lowest BCUT2D eigenvalue weighted by Crippen LogP contribution is -2.42. The molecule has 0 saturated carbocycles. The molecule has 1 fully saturated rings. The van der Waals surface area contributed by atoms with E-state index in [-0.39, 0.29) is 17.6 Å². The Balaban J connectivity index is 1.44. The van der Waals surface area contributed by atoms with Crippen LogP contribution in [-0.2, 0) is 12.8 Å². The van der Waals surface area contributed by atoms with Crippen molar-refractivity contribution >= 4 is 17.5 Å². The summed E-state index contributed by atoms with van der Waals surface area (Å²) < 4.78 is 16.0. The molecule has 176 valence electrons. The van der Waals surface area contributed by atoms with Crippen LogP contribution in [-0.4, -0.2) is 39.6 Å². The average Bonchev–Trinajstić information content (AvgIpc) is 3.42. The van der Waals surface area contributed by atoms with E-state index in [1.54, 1.807) is 41.1 Å². The lowest BCUT2D eigenvalue weighted by atomic mass is 9.91. The second kappa shape index (κ2) is 9.05. The van der Waals surface area contributed by atoms with E-state index in [9.17, 15) is 14.0 Å². The molecule has 0 radical (unpaired) electrons. The summed E-state index contributed by atoms with van der Waals surface area (Å²) in [5.41, 5.74) is 3.29. The van der Waals surface area contributed by atoms with Gasteiger partial charge in [-0.25, -0.2) is 9.07 Å². The fourth-order valence-corrected chi connectivity index (χ4v) is 5.40. The lowest BCUT2D eigenvalue weighted by molar-refractivity contribution is 0.0624. The van der Waals surface area contributed by atoms with E-state index in [4.69, 9.17) is 0 Å². The molecule has 1 N–H and O–H groups in total. The molecule has 2 aromatic carbocycles. The van der Waals surface area contributed by atoms with Crippen LogP contribution in [0.5, 0.6) is 0 Å². The average molecular weight is 461 g/mol. The monoisotopic (exact) mass is 460 g/mol. The first-order valence-corrected chi connectivity index (χ1v) is 12.0. The lowest BCUT2D eigenvalue weighted by Gasteiger charge is -2.35. The number of anilines is 1. The van der Waals surface area contributed by atoms with Gasteiger partial charge in [0.15, 0.2) is 5.69 Å². The first-order chi connectivity index (χ1) is 16.4. The van der Waals surface area contributed by atoms with Crippen molar-refractivity contribution in [1.29, 1.82) is 0 Å². The molecule has 34 heavy (non-hydrogen) atoms. The fraction of sp³-hybridized carbons (Fsp3) is 0.370. The SMILES string of the molecule is CC1CC(C)CN(C(=O)c2ccccc2NC(=O)c2nn(-c3ccccc3F)c3c2CCC3)C1. The maximum atomic E-state index is 14.5. The van der Waals surface area contributed by atoms with Crippen molar-refractivity contribution in [3.63, 3.8) is 0 Å². The van der Waals surface area contributed by atoms with Crippen molar-refractivity contribution in [2.24, 2.45) is 11.8 Å². The molecule has 6 nitrogen and oxygen atoms in total. The fourth-order valence-electron chi connectivity index (χ4n) is 5.40. The molecule has 1 saturated heterocycles. The smallest absolute Gasteiger partial charge is 0.276 e. The Morgan fingerprint density at radius 1 is 1.00 bits per heavy atom. The summed E-state index contributed by atoms with van der Waals surface area (Å²) >= 11 is 0. The highest BCUT2D eigenvalue weighted by atomic mass is 19.1. The summed E-state index contributed by atoms with van der Waals surface area (Å²) in [6.45, 7) is 5.75. The number of halogens is 1. The van der Waals surface area contributed by atoms with Crippen LogP contribution in [0.4, 0.5) is 10.1 Å². The third-order valence-corrected chi connectivity index (χ3v) is 6.79. The Morgan fingerprint density at radius 3 is 2.47 bits per heavy atom. The second-order valence-electron chi connectivity index (χ2n) is 9.65. The van der Waals surface area contributed by atoms with Gasteiger partial charge in [-0.3, -0.25) is 9.59 Å². The number of aromatic nitrogens is 2. The van der Waals surface area contributed by atoms with Crippen LogP contribution in [0.1, 0.15) is 58.8 Å². The minimum atomic E-state index is -0.382. The van der Waals surface area contributed by atoms with Crippen molar-refractivity contribution < 1.29 is 14.0 Å². The standard InChI is InChI=1S/C27H29FN4O2/c1-17-14-18(2)16-31(15-17)27(34)19-8-3-5-11-22(19)29-26(33)25-20-9-7-13-23(20)32(30-25)24-12-6-4-10-21(24)28/h3-6,8,10-12,17-18H,7,9,13-16H2,1-2H3,(H,29,33). The normalized spacial score (nSPS) is 19.7. The molecule has 1 aromatic heterocycles. The van der Waals surface area contributed by atoms with Gasteiger partial charge in [0.05, 0.1) is 11.3 Å². The van der Waals surface area contributed by atoms with Gasteiger partial charge in [-0.2, -0.15) is 5.10 Å². The zero-order chi connectivity index (χ0) is 23.8. The molecule has 1 aliphatic heterocycles. The second-order valence-corrected chi connectivity index (χ2v) is 9.65. The van der Waals surface area contributed by atoms with Gasteiger partial charge < -0.3 is 10.2 Å². The highest BCUT2D eigenvalue weighted by Crippen LogP contribution is 2.30. The van der Waals surface area contributed by atoms with Crippen LogP contribution in [0.25, 0.3) is 5.69 Å². The van der Waals surface area contributed by atoms with E-state index in [1.807, 2.05) is 11.0 Å². The summed E-state index contributed by atoms with van der Waals surface area (Å²) in [5.74, 6) is 0.0525. The Bertz CT molecular complexity index is 1240. The molecule has 2 amide bonds. The molecular formula is C27H29FN4O2. The third-order valence-electron chi connectivity index (χ3n) is 6.79. The van der Waals surface area contributed by atoms with Gasteiger partial charge in [0.1, 0.15) is 11.5 Å². The van der Waals surface area contributed by atoms with Crippen LogP contribution in [0.2, 0.25) is 0 Å². The van der Waals surface area contributed by atoms with Crippen LogP contribution in [0.3, 0.4) is 0 Å². The molecule has 0 spiro atoms. The maximum Gasteiger partial charge on any atom is 0.276 e. The molecule has 7 heteroatoms. The Hall–Kier alpha value is -3.48. The van der Waals surface area contributed by atoms with Crippen LogP contribution in [0.15, 0.2) is 48.5 Å². The van der Waals surface area contributed by atoms with Gasteiger partial charge in [0, 0.05) is 24.3 Å². The van der Waals surface area contributed by atoms with Gasteiger partial charge in [-0.05, 0) is 61.8 Å². The first kappa shape index (κ1) is 22.3. The highest BCUT2D eigenvalue weighted by Gasteiger charge is 2.30. The number of carbonyl (C=O) groups excluding carboxylic acids is 2. The number of rotatable bonds is 4. The largest absolute Gasteiger partial charge is 0.338 e. The predicted molar refractivity (Wildman–Crippen MR) is 129 cm³/mol. The van der Waals surface area contributed by atoms with E-state index < -0.39 is 0 Å². The molecule has 2 unspecified atom stereocenters. The number of nitrogens with one attached hydrogen (secondary N) is 1. The van der Waals surface area contributed by atoms with Gasteiger partial charge in [0.2, 0.25) is 0 Å². The number of carbonyl (C=O) groups is 2. The van der Waals surface area contributed by atoms with E-state index >= 15 is 0 Å². The van der Waals surface area contributed by atoms with Gasteiger partial charge >= 0.3 is 0 Å². The van der Waals surface area contributed by atoms with E-state index in [0.717, 1.165) is 36.9 Å². The summed E-state index contributed by atoms with van der Waals surface area (Å²) in [6.07, 6.45) is 3.46. The van der Waals surface area contributed by atoms with Crippen molar-refractivity contribution in [1.82, 2.24) is 14.7 Å². The quantitative estimate of drug-likeness (QED) is 0.604. The number of hydrogen-bond donors (Lipinski definition) is 1.